The van der Waals surface area contributed by atoms with E-state index in [0.29, 0.717) is 12.0 Å². The Morgan fingerprint density at radius 3 is 1.94 bits per heavy atom. The van der Waals surface area contributed by atoms with Crippen LogP contribution in [-0.4, -0.2) is 12.2 Å². The summed E-state index contributed by atoms with van der Waals surface area (Å²) in [4.78, 5) is 0. The van der Waals surface area contributed by atoms with Gasteiger partial charge in [0.15, 0.2) is 0 Å². The lowest BCUT2D eigenvalue weighted by Gasteiger charge is -2.29. The van der Waals surface area contributed by atoms with Crippen molar-refractivity contribution in [1.82, 2.24) is 0 Å². The van der Waals surface area contributed by atoms with Gasteiger partial charge in [0.25, 0.3) is 0 Å². The minimum Gasteiger partial charge on any atom is -0.490 e. The van der Waals surface area contributed by atoms with Gasteiger partial charge >= 0.3 is 0 Å². The van der Waals surface area contributed by atoms with Crippen LogP contribution < -0.4 is 9.47 Å². The highest BCUT2D eigenvalue weighted by Crippen LogP contribution is 2.31. The van der Waals surface area contributed by atoms with Crippen LogP contribution in [0.2, 0.25) is 0 Å². The van der Waals surface area contributed by atoms with Gasteiger partial charge in [-0.2, -0.15) is 0 Å². The highest BCUT2D eigenvalue weighted by atomic mass is 16.5. The number of hydrogen-bond donors (Lipinski definition) is 0. The Hall–Kier alpha value is -2.48. The summed E-state index contributed by atoms with van der Waals surface area (Å²) in [6, 6.07) is 23.7. The zero-order valence-corrected chi connectivity index (χ0v) is 19.2. The lowest BCUT2D eigenvalue weighted by molar-refractivity contribution is 0.0807. The van der Waals surface area contributed by atoms with Crippen molar-refractivity contribution in [2.75, 3.05) is 0 Å². The molecular weight excluding hydrogens is 380 g/mol. The molecule has 1 aliphatic carbocycles. The molecule has 2 nitrogen and oxygen atoms in total. The van der Waals surface area contributed by atoms with E-state index < -0.39 is 0 Å². The molecule has 1 saturated carbocycles. The molecule has 2 heteroatoms. The van der Waals surface area contributed by atoms with Crippen LogP contribution >= 0.6 is 0 Å². The van der Waals surface area contributed by atoms with Gasteiger partial charge in [-0.15, -0.1) is 0 Å². The van der Waals surface area contributed by atoms with Crippen molar-refractivity contribution in [3.8, 4) is 11.5 Å². The minimum absolute atomic E-state index is 0.282. The molecule has 164 valence electrons. The number of hydrogen-bond acceptors (Lipinski definition) is 2. The van der Waals surface area contributed by atoms with E-state index in [-0.39, 0.29) is 6.10 Å². The van der Waals surface area contributed by atoms with E-state index in [4.69, 9.17) is 9.47 Å². The van der Waals surface area contributed by atoms with E-state index in [1.54, 1.807) is 0 Å². The summed E-state index contributed by atoms with van der Waals surface area (Å²) in [7, 11) is 0. The third-order valence-electron chi connectivity index (χ3n) is 6.55. The first-order valence-corrected chi connectivity index (χ1v) is 12.0. The van der Waals surface area contributed by atoms with Crippen molar-refractivity contribution in [2.24, 2.45) is 5.92 Å². The van der Waals surface area contributed by atoms with Crippen molar-refractivity contribution in [3.63, 3.8) is 0 Å². The summed E-state index contributed by atoms with van der Waals surface area (Å²) in [6.45, 7) is 6.90. The maximum absolute atomic E-state index is 6.31. The van der Waals surface area contributed by atoms with Crippen LogP contribution in [0.4, 0.5) is 0 Å². The van der Waals surface area contributed by atoms with Gasteiger partial charge in [0.05, 0.1) is 12.2 Å². The first kappa shape index (κ1) is 21.7. The van der Waals surface area contributed by atoms with Crippen LogP contribution in [0.3, 0.4) is 0 Å². The average molecular weight is 417 g/mol. The Balaban J connectivity index is 1.27. The van der Waals surface area contributed by atoms with E-state index in [0.717, 1.165) is 43.1 Å². The number of benzene rings is 3. The van der Waals surface area contributed by atoms with Gasteiger partial charge in [-0.3, -0.25) is 0 Å². The van der Waals surface area contributed by atoms with Gasteiger partial charge in [0.2, 0.25) is 0 Å². The molecule has 1 atom stereocenters. The normalized spacial score (nSPS) is 20.0. The summed E-state index contributed by atoms with van der Waals surface area (Å²) in [6.07, 6.45) is 7.20. The molecule has 31 heavy (non-hydrogen) atoms. The fraction of sp³-hybridized carbons (Fsp3) is 0.448. The molecule has 1 unspecified atom stereocenters. The van der Waals surface area contributed by atoms with Gasteiger partial charge in [-0.25, -0.2) is 0 Å². The monoisotopic (exact) mass is 416 g/mol. The van der Waals surface area contributed by atoms with Crippen LogP contribution in [0.15, 0.2) is 66.7 Å². The molecule has 0 spiro atoms. The summed E-state index contributed by atoms with van der Waals surface area (Å²) >= 11 is 0. The van der Waals surface area contributed by atoms with E-state index >= 15 is 0 Å². The molecule has 1 fully saturated rings. The van der Waals surface area contributed by atoms with Gasteiger partial charge in [0, 0.05) is 0 Å². The molecule has 0 N–H and O–H groups in total. The third kappa shape index (κ3) is 5.81. The van der Waals surface area contributed by atoms with Gasteiger partial charge in [-0.05, 0) is 91.0 Å². The van der Waals surface area contributed by atoms with Crippen LogP contribution in [-0.2, 0) is 0 Å². The standard InChI is InChI=1S/C29H36O2/c1-4-22(19-21(2)3)24-9-12-26(13-10-24)30-27-15-17-28(18-16-27)31-29-14-11-23-7-5-6-8-25(23)20-29/h5-14,20-22,27-28H,4,15-19H2,1-3H3. The molecule has 0 amide bonds. The van der Waals surface area contributed by atoms with E-state index in [1.165, 1.54) is 29.2 Å². The topological polar surface area (TPSA) is 18.5 Å². The zero-order valence-electron chi connectivity index (χ0n) is 19.2. The molecular formula is C29H36O2. The van der Waals surface area contributed by atoms with Gasteiger partial charge in [0.1, 0.15) is 11.5 Å². The predicted octanol–water partition coefficient (Wildman–Crippen LogP) is 8.15. The number of rotatable bonds is 8. The fourth-order valence-electron chi connectivity index (χ4n) is 4.82. The summed E-state index contributed by atoms with van der Waals surface area (Å²) in [5.74, 6) is 3.36. The Kier molecular flexibility index (Phi) is 7.17. The first-order chi connectivity index (χ1) is 15.1. The average Bonchev–Trinajstić information content (AvgIpc) is 2.79. The summed E-state index contributed by atoms with van der Waals surface area (Å²) in [5, 5.41) is 2.49. The second-order valence-corrected chi connectivity index (χ2v) is 9.45. The first-order valence-electron chi connectivity index (χ1n) is 12.0. The number of fused-ring (bicyclic) bond motifs is 1. The number of ether oxygens (including phenoxy) is 2. The van der Waals surface area contributed by atoms with Crippen molar-refractivity contribution in [2.45, 2.75) is 77.4 Å². The second kappa shape index (κ2) is 10.2. The van der Waals surface area contributed by atoms with Crippen molar-refractivity contribution < 1.29 is 9.47 Å². The zero-order chi connectivity index (χ0) is 21.6. The van der Waals surface area contributed by atoms with Crippen molar-refractivity contribution in [1.29, 1.82) is 0 Å². The molecule has 4 rings (SSSR count). The van der Waals surface area contributed by atoms with Crippen LogP contribution in [0.25, 0.3) is 10.8 Å². The fourth-order valence-corrected chi connectivity index (χ4v) is 4.82. The Morgan fingerprint density at radius 1 is 0.742 bits per heavy atom. The molecule has 1 aliphatic rings. The third-order valence-corrected chi connectivity index (χ3v) is 6.55. The predicted molar refractivity (Wildman–Crippen MR) is 130 cm³/mol. The van der Waals surface area contributed by atoms with E-state index in [9.17, 15) is 0 Å². The minimum atomic E-state index is 0.282. The Morgan fingerprint density at radius 2 is 1.32 bits per heavy atom. The van der Waals surface area contributed by atoms with Crippen molar-refractivity contribution >= 4 is 10.8 Å². The molecule has 0 aliphatic heterocycles. The lowest BCUT2D eigenvalue weighted by Crippen LogP contribution is -2.30. The molecule has 0 heterocycles. The van der Waals surface area contributed by atoms with Crippen LogP contribution in [0.5, 0.6) is 11.5 Å². The van der Waals surface area contributed by atoms with Gasteiger partial charge in [-0.1, -0.05) is 63.2 Å². The molecule has 3 aromatic carbocycles. The maximum Gasteiger partial charge on any atom is 0.120 e. The highest BCUT2D eigenvalue weighted by Gasteiger charge is 2.24. The maximum atomic E-state index is 6.31. The largest absolute Gasteiger partial charge is 0.490 e. The summed E-state index contributed by atoms with van der Waals surface area (Å²) < 4.78 is 12.6. The molecule has 3 aromatic rings. The van der Waals surface area contributed by atoms with Crippen molar-refractivity contribution in [3.05, 3.63) is 72.3 Å². The second-order valence-electron chi connectivity index (χ2n) is 9.45. The molecule has 0 bridgehead atoms. The molecule has 0 radical (unpaired) electrons. The van der Waals surface area contributed by atoms with E-state index in [2.05, 4.69) is 87.5 Å². The highest BCUT2D eigenvalue weighted by molar-refractivity contribution is 5.83. The SMILES string of the molecule is CCC(CC(C)C)c1ccc(OC2CCC(Oc3ccc4ccccc4c3)CC2)cc1. The molecule has 0 aromatic heterocycles. The van der Waals surface area contributed by atoms with Gasteiger partial charge < -0.3 is 9.47 Å². The quantitative estimate of drug-likeness (QED) is 0.369. The van der Waals surface area contributed by atoms with Crippen LogP contribution in [0.1, 0.15) is 70.8 Å². The smallest absolute Gasteiger partial charge is 0.120 e. The Labute approximate surface area is 187 Å². The lowest BCUT2D eigenvalue weighted by atomic mass is 9.88. The summed E-state index contributed by atoms with van der Waals surface area (Å²) in [5.41, 5.74) is 1.44. The van der Waals surface area contributed by atoms with E-state index in [1.807, 2.05) is 0 Å². The molecule has 0 saturated heterocycles. The van der Waals surface area contributed by atoms with Crippen LogP contribution in [0, 0.1) is 5.92 Å². The Bertz CT molecular complexity index is 952.